The number of aromatic nitrogens is 2. The molecule has 1 heterocycles. The molecule has 1 saturated carbocycles. The van der Waals surface area contributed by atoms with Gasteiger partial charge in [-0.15, -0.1) is 0 Å². The molecule has 82 valence electrons. The topological polar surface area (TPSA) is 54.9 Å². The van der Waals surface area contributed by atoms with Crippen LogP contribution in [0.15, 0.2) is 6.20 Å². The van der Waals surface area contributed by atoms with Crippen molar-refractivity contribution in [1.82, 2.24) is 14.1 Å². The van der Waals surface area contributed by atoms with E-state index in [9.17, 15) is 4.79 Å². The van der Waals surface area contributed by atoms with Gasteiger partial charge in [0, 0.05) is 6.04 Å². The molecule has 5 heteroatoms. The largest absolute Gasteiger partial charge is 0.348 e. The van der Waals surface area contributed by atoms with E-state index >= 15 is 0 Å². The lowest BCUT2D eigenvalue weighted by Crippen LogP contribution is -2.37. The Balaban J connectivity index is 1.85. The first-order valence-electron chi connectivity index (χ1n) is 5.34. The summed E-state index contributed by atoms with van der Waals surface area (Å²) >= 11 is 1.07. The first-order valence-corrected chi connectivity index (χ1v) is 6.07. The average molecular weight is 225 g/mol. The van der Waals surface area contributed by atoms with Crippen LogP contribution in [0.2, 0.25) is 0 Å². The Labute approximate surface area is 93.4 Å². The van der Waals surface area contributed by atoms with E-state index in [-0.39, 0.29) is 5.91 Å². The summed E-state index contributed by atoms with van der Waals surface area (Å²) in [4.78, 5) is 11.6. The Bertz CT molecular complexity index is 317. The molecule has 0 atom stereocenters. The summed E-state index contributed by atoms with van der Waals surface area (Å²) in [6.45, 7) is 2.27. The van der Waals surface area contributed by atoms with Crippen LogP contribution in [0.4, 0.5) is 0 Å². The van der Waals surface area contributed by atoms with E-state index in [2.05, 4.69) is 21.0 Å². The highest BCUT2D eigenvalue weighted by Gasteiger charge is 2.20. The Kier molecular flexibility index (Phi) is 3.30. The molecule has 0 unspecified atom stereocenters. The summed E-state index contributed by atoms with van der Waals surface area (Å²) < 4.78 is 7.73. The van der Waals surface area contributed by atoms with Gasteiger partial charge < -0.3 is 5.32 Å². The van der Waals surface area contributed by atoms with Gasteiger partial charge in [-0.1, -0.05) is 6.92 Å². The molecule has 0 aromatic carbocycles. The fourth-order valence-electron chi connectivity index (χ4n) is 1.93. The van der Waals surface area contributed by atoms with Crippen molar-refractivity contribution in [3.63, 3.8) is 0 Å². The highest BCUT2D eigenvalue weighted by atomic mass is 32.1. The second-order valence-electron chi connectivity index (χ2n) is 4.22. The van der Waals surface area contributed by atoms with Crippen molar-refractivity contribution in [2.24, 2.45) is 5.92 Å². The second-order valence-corrected chi connectivity index (χ2v) is 4.78. The molecule has 1 amide bonds. The standard InChI is InChI=1S/C10H15N3OS/c1-7-2-4-8(5-3-7)12-10(14)9-6-11-15-13-9/h6-8H,2-5H2,1H3,(H,12,14). The van der Waals surface area contributed by atoms with Gasteiger partial charge in [0.25, 0.3) is 5.91 Å². The van der Waals surface area contributed by atoms with Crippen LogP contribution in [0.25, 0.3) is 0 Å². The van der Waals surface area contributed by atoms with Crippen molar-refractivity contribution in [3.8, 4) is 0 Å². The maximum absolute atomic E-state index is 11.6. The Morgan fingerprint density at radius 2 is 2.20 bits per heavy atom. The fraction of sp³-hybridized carbons (Fsp3) is 0.700. The van der Waals surface area contributed by atoms with Gasteiger partial charge in [-0.25, -0.2) is 0 Å². The van der Waals surface area contributed by atoms with E-state index in [1.807, 2.05) is 0 Å². The molecule has 1 N–H and O–H groups in total. The molecule has 1 aliphatic carbocycles. The van der Waals surface area contributed by atoms with Crippen molar-refractivity contribution in [2.75, 3.05) is 0 Å². The highest BCUT2D eigenvalue weighted by molar-refractivity contribution is 6.99. The van der Waals surface area contributed by atoms with E-state index in [4.69, 9.17) is 0 Å². The third-order valence-electron chi connectivity index (χ3n) is 2.95. The molecule has 2 rings (SSSR count). The first kappa shape index (κ1) is 10.5. The first-order chi connectivity index (χ1) is 7.25. The Morgan fingerprint density at radius 3 is 2.80 bits per heavy atom. The van der Waals surface area contributed by atoms with Crippen molar-refractivity contribution >= 4 is 17.6 Å². The number of carbonyl (C=O) groups is 1. The summed E-state index contributed by atoms with van der Waals surface area (Å²) in [5.41, 5.74) is 0.443. The minimum Gasteiger partial charge on any atom is -0.348 e. The quantitative estimate of drug-likeness (QED) is 0.835. The molecule has 1 fully saturated rings. The summed E-state index contributed by atoms with van der Waals surface area (Å²) in [7, 11) is 0. The summed E-state index contributed by atoms with van der Waals surface area (Å²) in [5.74, 6) is 0.724. The van der Waals surface area contributed by atoms with E-state index in [1.54, 1.807) is 0 Å². The lowest BCUT2D eigenvalue weighted by atomic mass is 9.87. The summed E-state index contributed by atoms with van der Waals surface area (Å²) in [6.07, 6.45) is 6.11. The van der Waals surface area contributed by atoms with Gasteiger partial charge in [0.1, 0.15) is 0 Å². The highest BCUT2D eigenvalue weighted by Crippen LogP contribution is 2.23. The molecule has 4 nitrogen and oxygen atoms in total. The molecule has 0 radical (unpaired) electrons. The fourth-order valence-corrected chi connectivity index (χ4v) is 2.34. The van der Waals surface area contributed by atoms with E-state index in [0.717, 1.165) is 30.5 Å². The molecule has 0 spiro atoms. The predicted molar refractivity (Wildman–Crippen MR) is 58.8 cm³/mol. The molecular weight excluding hydrogens is 210 g/mol. The van der Waals surface area contributed by atoms with E-state index in [1.165, 1.54) is 19.0 Å². The number of hydrogen-bond acceptors (Lipinski definition) is 4. The van der Waals surface area contributed by atoms with Crippen LogP contribution in [0.1, 0.15) is 43.1 Å². The van der Waals surface area contributed by atoms with Crippen molar-refractivity contribution in [1.29, 1.82) is 0 Å². The monoisotopic (exact) mass is 225 g/mol. The molecule has 0 saturated heterocycles. The number of carbonyl (C=O) groups excluding carboxylic acids is 1. The van der Waals surface area contributed by atoms with Gasteiger partial charge in [0.2, 0.25) is 0 Å². The molecule has 1 aromatic rings. The minimum atomic E-state index is -0.0803. The molecule has 0 bridgehead atoms. The van der Waals surface area contributed by atoms with Gasteiger partial charge in [-0.3, -0.25) is 4.79 Å². The molecule has 1 aliphatic rings. The third kappa shape index (κ3) is 2.75. The zero-order valence-corrected chi connectivity index (χ0v) is 9.59. The molecule has 1 aromatic heterocycles. The van der Waals surface area contributed by atoms with Crippen LogP contribution < -0.4 is 5.32 Å². The van der Waals surface area contributed by atoms with Crippen molar-refractivity contribution in [3.05, 3.63) is 11.9 Å². The zero-order valence-electron chi connectivity index (χ0n) is 8.77. The number of nitrogens with zero attached hydrogens (tertiary/aromatic N) is 2. The SMILES string of the molecule is CC1CCC(NC(=O)c2cnsn2)CC1. The smallest absolute Gasteiger partial charge is 0.272 e. The summed E-state index contributed by atoms with van der Waals surface area (Å²) in [6, 6.07) is 0.329. The summed E-state index contributed by atoms with van der Waals surface area (Å²) in [5, 5.41) is 3.01. The van der Waals surface area contributed by atoms with E-state index in [0.29, 0.717) is 11.7 Å². The lowest BCUT2D eigenvalue weighted by Gasteiger charge is -2.26. The van der Waals surface area contributed by atoms with E-state index < -0.39 is 0 Å². The average Bonchev–Trinajstić information content (AvgIpc) is 2.74. The number of hydrogen-bond donors (Lipinski definition) is 1. The van der Waals surface area contributed by atoms with Gasteiger partial charge in [0.05, 0.1) is 17.9 Å². The zero-order chi connectivity index (χ0) is 10.7. The van der Waals surface area contributed by atoms with Crippen molar-refractivity contribution in [2.45, 2.75) is 38.6 Å². The molecule has 0 aliphatic heterocycles. The molecule has 15 heavy (non-hydrogen) atoms. The van der Waals surface area contributed by atoms with Crippen LogP contribution in [-0.4, -0.2) is 20.7 Å². The van der Waals surface area contributed by atoms with Crippen LogP contribution in [0, 0.1) is 5.92 Å². The maximum Gasteiger partial charge on any atom is 0.272 e. The third-order valence-corrected chi connectivity index (χ3v) is 3.42. The van der Waals surface area contributed by atoms with Crippen molar-refractivity contribution < 1.29 is 4.79 Å². The Morgan fingerprint density at radius 1 is 1.47 bits per heavy atom. The lowest BCUT2D eigenvalue weighted by molar-refractivity contribution is 0.0919. The molecular formula is C10H15N3OS. The maximum atomic E-state index is 11.6. The van der Waals surface area contributed by atoms with Gasteiger partial charge in [-0.2, -0.15) is 8.75 Å². The number of rotatable bonds is 2. The number of nitrogens with one attached hydrogen (secondary N) is 1. The van der Waals surface area contributed by atoms with Gasteiger partial charge in [-0.05, 0) is 31.6 Å². The van der Waals surface area contributed by atoms with Crippen LogP contribution in [0.5, 0.6) is 0 Å². The second kappa shape index (κ2) is 4.70. The number of amides is 1. The van der Waals surface area contributed by atoms with Gasteiger partial charge in [0.15, 0.2) is 5.69 Å². The van der Waals surface area contributed by atoms with Crippen LogP contribution in [-0.2, 0) is 0 Å². The minimum absolute atomic E-state index is 0.0803. The Hall–Kier alpha value is -0.970. The normalized spacial score (nSPS) is 26.2. The van der Waals surface area contributed by atoms with Crippen LogP contribution in [0.3, 0.4) is 0 Å². The predicted octanol–water partition coefficient (Wildman–Crippen LogP) is 1.85. The van der Waals surface area contributed by atoms with Gasteiger partial charge >= 0.3 is 0 Å². The van der Waals surface area contributed by atoms with Crippen LogP contribution >= 0.6 is 11.7 Å².